The Balaban J connectivity index is 2.36. The lowest BCUT2D eigenvalue weighted by atomic mass is 10.2. The molecule has 21 heavy (non-hydrogen) atoms. The van der Waals surface area contributed by atoms with Gasteiger partial charge in [-0.1, -0.05) is 11.6 Å². The molecule has 0 spiro atoms. The van der Waals surface area contributed by atoms with Crippen LogP contribution in [-0.4, -0.2) is 25.6 Å². The van der Waals surface area contributed by atoms with Crippen molar-refractivity contribution in [1.29, 1.82) is 0 Å². The molecule has 0 saturated heterocycles. The molecule has 0 aliphatic rings. The Kier molecular flexibility index (Phi) is 4.24. The number of anilines is 1. The van der Waals surface area contributed by atoms with E-state index in [1.165, 1.54) is 36.5 Å². The lowest BCUT2D eigenvalue weighted by molar-refractivity contribution is 0.102. The van der Waals surface area contributed by atoms with Crippen molar-refractivity contribution in [3.8, 4) is 0 Å². The van der Waals surface area contributed by atoms with Crippen LogP contribution in [0.5, 0.6) is 0 Å². The van der Waals surface area contributed by atoms with Crippen molar-refractivity contribution in [1.82, 2.24) is 4.98 Å². The number of nitrogens with zero attached hydrogens (tertiary/aromatic N) is 1. The molecule has 1 heterocycles. The highest BCUT2D eigenvalue weighted by atomic mass is 35.5. The van der Waals surface area contributed by atoms with Crippen molar-refractivity contribution in [2.24, 2.45) is 0 Å². The number of nitrogens with one attached hydrogen (secondary N) is 1. The first kappa shape index (κ1) is 15.4. The molecule has 0 radical (unpaired) electrons. The maximum Gasteiger partial charge on any atom is 0.260 e. The molecule has 0 aliphatic carbocycles. The number of rotatable bonds is 3. The second-order valence-corrected chi connectivity index (χ2v) is 6.63. The molecule has 1 aromatic heterocycles. The van der Waals surface area contributed by atoms with E-state index >= 15 is 0 Å². The molecule has 0 fully saturated rings. The van der Waals surface area contributed by atoms with Gasteiger partial charge in [0.05, 0.1) is 21.2 Å². The Labute approximate surface area is 125 Å². The highest BCUT2D eigenvalue weighted by molar-refractivity contribution is 7.90. The largest absolute Gasteiger partial charge is 0.320 e. The van der Waals surface area contributed by atoms with Crippen molar-refractivity contribution < 1.29 is 17.6 Å². The number of sulfone groups is 1. The van der Waals surface area contributed by atoms with E-state index < -0.39 is 21.7 Å². The highest BCUT2D eigenvalue weighted by Gasteiger charge is 2.15. The van der Waals surface area contributed by atoms with E-state index in [-0.39, 0.29) is 21.2 Å². The van der Waals surface area contributed by atoms with Crippen LogP contribution in [-0.2, 0) is 9.84 Å². The van der Waals surface area contributed by atoms with Crippen molar-refractivity contribution in [2.75, 3.05) is 11.6 Å². The summed E-state index contributed by atoms with van der Waals surface area (Å²) in [4.78, 5) is 15.3. The minimum Gasteiger partial charge on any atom is -0.320 e. The molecular formula is C13H10ClFN2O3S. The van der Waals surface area contributed by atoms with Gasteiger partial charge in [-0.05, 0) is 30.3 Å². The number of halogens is 2. The molecule has 110 valence electrons. The number of carbonyl (C=O) groups is 1. The van der Waals surface area contributed by atoms with E-state index in [0.29, 0.717) is 0 Å². The summed E-state index contributed by atoms with van der Waals surface area (Å²) in [6.45, 7) is 0. The van der Waals surface area contributed by atoms with Gasteiger partial charge >= 0.3 is 0 Å². The predicted octanol–water partition coefficient (Wildman–Crippen LogP) is 2.53. The summed E-state index contributed by atoms with van der Waals surface area (Å²) in [5, 5.41) is 2.50. The van der Waals surface area contributed by atoms with E-state index in [1.807, 2.05) is 0 Å². The maximum absolute atomic E-state index is 13.4. The second kappa shape index (κ2) is 5.79. The van der Waals surface area contributed by atoms with Crippen molar-refractivity contribution in [3.05, 3.63) is 53.1 Å². The lowest BCUT2D eigenvalue weighted by Gasteiger charge is -2.09. The normalized spacial score (nSPS) is 11.2. The molecule has 0 bridgehead atoms. The van der Waals surface area contributed by atoms with Crippen molar-refractivity contribution in [2.45, 2.75) is 4.90 Å². The fourth-order valence-electron chi connectivity index (χ4n) is 1.58. The third kappa shape index (κ3) is 3.56. The smallest absolute Gasteiger partial charge is 0.260 e. The van der Waals surface area contributed by atoms with Gasteiger partial charge < -0.3 is 5.32 Å². The molecule has 5 nitrogen and oxygen atoms in total. The van der Waals surface area contributed by atoms with Crippen LogP contribution in [0.2, 0.25) is 5.02 Å². The number of amides is 1. The van der Waals surface area contributed by atoms with Gasteiger partial charge in [0.1, 0.15) is 0 Å². The fraction of sp³-hybridized carbons (Fsp3) is 0.0769. The number of pyridine rings is 1. The molecule has 1 N–H and O–H groups in total. The molecule has 0 unspecified atom stereocenters. The highest BCUT2D eigenvalue weighted by Crippen LogP contribution is 2.25. The van der Waals surface area contributed by atoms with Crippen LogP contribution >= 0.6 is 11.6 Å². The quantitative estimate of drug-likeness (QED) is 0.878. The number of carbonyl (C=O) groups excluding carboxylic acids is 1. The van der Waals surface area contributed by atoms with Gasteiger partial charge in [-0.2, -0.15) is 4.39 Å². The Morgan fingerprint density at radius 3 is 2.67 bits per heavy atom. The summed E-state index contributed by atoms with van der Waals surface area (Å²) in [7, 11) is -3.45. The van der Waals surface area contributed by atoms with E-state index in [4.69, 9.17) is 11.6 Å². The van der Waals surface area contributed by atoms with Gasteiger partial charge in [-0.15, -0.1) is 0 Å². The number of hydrogen-bond acceptors (Lipinski definition) is 4. The molecule has 1 amide bonds. The summed E-state index contributed by atoms with van der Waals surface area (Å²) < 4.78 is 36.4. The van der Waals surface area contributed by atoms with Crippen LogP contribution in [0.25, 0.3) is 0 Å². The lowest BCUT2D eigenvalue weighted by Crippen LogP contribution is -2.15. The third-order valence-corrected chi connectivity index (χ3v) is 4.06. The first-order chi connectivity index (χ1) is 9.79. The van der Waals surface area contributed by atoms with Gasteiger partial charge in [-0.25, -0.2) is 13.4 Å². The van der Waals surface area contributed by atoms with Gasteiger partial charge in [0.15, 0.2) is 9.84 Å². The van der Waals surface area contributed by atoms with E-state index in [1.54, 1.807) is 0 Å². The monoisotopic (exact) mass is 328 g/mol. The molecule has 0 saturated carbocycles. The van der Waals surface area contributed by atoms with Crippen LogP contribution in [0.4, 0.5) is 10.1 Å². The molecule has 2 aromatic rings. The van der Waals surface area contributed by atoms with Crippen LogP contribution in [0, 0.1) is 5.95 Å². The first-order valence-corrected chi connectivity index (χ1v) is 7.97. The van der Waals surface area contributed by atoms with Gasteiger partial charge in [0.2, 0.25) is 5.95 Å². The summed E-state index contributed by atoms with van der Waals surface area (Å²) in [5.74, 6) is -1.70. The minimum absolute atomic E-state index is 0.00569. The van der Waals surface area contributed by atoms with Gasteiger partial charge in [0, 0.05) is 12.5 Å². The zero-order valence-corrected chi connectivity index (χ0v) is 12.4. The van der Waals surface area contributed by atoms with Crippen molar-refractivity contribution >= 4 is 33.0 Å². The Morgan fingerprint density at radius 2 is 2.05 bits per heavy atom. The Bertz CT molecular complexity index is 809. The average molecular weight is 329 g/mol. The van der Waals surface area contributed by atoms with E-state index in [9.17, 15) is 17.6 Å². The molecule has 1 aromatic carbocycles. The number of benzene rings is 1. The topological polar surface area (TPSA) is 76.1 Å². The van der Waals surface area contributed by atoms with Crippen LogP contribution < -0.4 is 5.32 Å². The van der Waals surface area contributed by atoms with Crippen LogP contribution in [0.3, 0.4) is 0 Å². The molecule has 0 atom stereocenters. The summed E-state index contributed by atoms with van der Waals surface area (Å²) >= 11 is 5.90. The van der Waals surface area contributed by atoms with Crippen LogP contribution in [0.15, 0.2) is 41.4 Å². The summed E-state index contributed by atoms with van der Waals surface area (Å²) in [5.41, 5.74) is -0.189. The third-order valence-electron chi connectivity index (χ3n) is 2.62. The number of aromatic nitrogens is 1. The van der Waals surface area contributed by atoms with E-state index in [0.717, 1.165) is 6.26 Å². The zero-order chi connectivity index (χ0) is 15.6. The Hall–Kier alpha value is -1.99. The van der Waals surface area contributed by atoms with E-state index in [2.05, 4.69) is 10.3 Å². The minimum atomic E-state index is -3.45. The van der Waals surface area contributed by atoms with Gasteiger partial charge in [-0.3, -0.25) is 4.79 Å². The molecule has 8 heteroatoms. The maximum atomic E-state index is 13.4. The standard InChI is InChI=1S/C13H10ClFN2O3S/c1-21(19,20)8-4-5-10(14)11(7-8)17-13(18)9-3-2-6-16-12(9)15/h2-7H,1H3,(H,17,18). The van der Waals surface area contributed by atoms with Crippen molar-refractivity contribution in [3.63, 3.8) is 0 Å². The molecular weight excluding hydrogens is 319 g/mol. The average Bonchev–Trinajstić information content (AvgIpc) is 2.40. The predicted molar refractivity (Wildman–Crippen MR) is 76.7 cm³/mol. The first-order valence-electron chi connectivity index (χ1n) is 5.70. The summed E-state index contributed by atoms with van der Waals surface area (Å²) in [6, 6.07) is 6.54. The molecule has 0 aliphatic heterocycles. The molecule has 2 rings (SSSR count). The fourth-order valence-corrected chi connectivity index (χ4v) is 2.39. The zero-order valence-electron chi connectivity index (χ0n) is 10.8. The number of hydrogen-bond donors (Lipinski definition) is 1. The van der Waals surface area contributed by atoms with Crippen LogP contribution in [0.1, 0.15) is 10.4 Å². The second-order valence-electron chi connectivity index (χ2n) is 4.21. The summed E-state index contributed by atoms with van der Waals surface area (Å²) in [6.07, 6.45) is 2.24. The van der Waals surface area contributed by atoms with Gasteiger partial charge in [0.25, 0.3) is 5.91 Å². The SMILES string of the molecule is CS(=O)(=O)c1ccc(Cl)c(NC(=O)c2cccnc2F)c1. The Morgan fingerprint density at radius 1 is 1.33 bits per heavy atom.